The van der Waals surface area contributed by atoms with Crippen molar-refractivity contribution < 1.29 is 26.7 Å². The predicted molar refractivity (Wildman–Crippen MR) is 72.2 cm³/mol. The van der Waals surface area contributed by atoms with E-state index in [4.69, 9.17) is 25.4 Å². The fourth-order valence-electron chi connectivity index (χ4n) is 1.04. The van der Waals surface area contributed by atoms with Gasteiger partial charge in [-0.25, -0.2) is 0 Å². The molecule has 0 aliphatic carbocycles. The molecule has 0 saturated carbocycles. The van der Waals surface area contributed by atoms with Crippen LogP contribution in [0.1, 0.15) is 0 Å². The Morgan fingerprint density at radius 2 is 1.68 bits per heavy atom. The average Bonchev–Trinajstić information content (AvgIpc) is 2.37. The van der Waals surface area contributed by atoms with Crippen LogP contribution in [0.15, 0.2) is 29.2 Å². The topological polar surface area (TPSA) is 27.7 Å². The molecule has 9 heteroatoms. The summed E-state index contributed by atoms with van der Waals surface area (Å²) in [6.45, 7) is -2.81. The minimum absolute atomic E-state index is 0.392. The summed E-state index contributed by atoms with van der Waals surface area (Å²) in [5.74, 6) is -0.537. The van der Waals surface area contributed by atoms with Gasteiger partial charge in [0.1, 0.15) is 5.75 Å². The Balaban J connectivity index is 2.64. The third-order valence-electron chi connectivity index (χ3n) is 1.89. The molecule has 0 saturated heterocycles. The molecule has 0 heterocycles. The summed E-state index contributed by atoms with van der Waals surface area (Å²) >= 11 is 5.72. The number of benzene rings is 1. The first-order chi connectivity index (χ1) is 8.78. The van der Waals surface area contributed by atoms with E-state index in [1.54, 1.807) is 0 Å². The van der Waals surface area contributed by atoms with E-state index in [0.29, 0.717) is 22.4 Å². The number of hydrogen-bond donors (Lipinski definition) is 0. The van der Waals surface area contributed by atoms with Crippen LogP contribution in [0.4, 0.5) is 13.2 Å². The number of halogens is 3. The predicted octanol–water partition coefficient (Wildman–Crippen LogP) is 4.24. The van der Waals surface area contributed by atoms with E-state index in [-0.39, 0.29) is 0 Å². The quantitative estimate of drug-likeness (QED) is 0.574. The highest BCUT2D eigenvalue weighted by Crippen LogP contribution is 2.48. The Morgan fingerprint density at radius 1 is 1.16 bits per heavy atom. The molecule has 0 aliphatic heterocycles. The van der Waals surface area contributed by atoms with Crippen molar-refractivity contribution >= 4 is 30.3 Å². The maximum Gasteiger partial charge on any atom is 0.398 e. The third-order valence-corrected chi connectivity index (χ3v) is 5.41. The smallest absolute Gasteiger partial charge is 0.398 e. The second-order valence-electron chi connectivity index (χ2n) is 3.28. The maximum absolute atomic E-state index is 12.0. The van der Waals surface area contributed by atoms with Crippen molar-refractivity contribution in [2.75, 3.05) is 20.0 Å². The van der Waals surface area contributed by atoms with Crippen LogP contribution < -0.4 is 4.52 Å². The molecule has 1 rings (SSSR count). The molecule has 108 valence electrons. The summed E-state index contributed by atoms with van der Waals surface area (Å²) in [6.07, 6.45) is -4.19. The van der Waals surface area contributed by atoms with Crippen molar-refractivity contribution in [2.45, 2.75) is 11.1 Å². The highest BCUT2D eigenvalue weighted by Gasteiger charge is 2.27. The van der Waals surface area contributed by atoms with Gasteiger partial charge in [-0.15, -0.1) is 11.8 Å². The lowest BCUT2D eigenvalue weighted by molar-refractivity contribution is -0.105. The number of rotatable bonds is 6. The molecule has 0 atom stereocenters. The van der Waals surface area contributed by atoms with E-state index >= 15 is 0 Å². The zero-order valence-electron chi connectivity index (χ0n) is 10.1. The Hall–Kier alpha value is -0.270. The third kappa shape index (κ3) is 6.14. The zero-order chi connectivity index (χ0) is 14.5. The van der Waals surface area contributed by atoms with Gasteiger partial charge in [0.05, 0.1) is 5.75 Å². The highest BCUT2D eigenvalue weighted by molar-refractivity contribution is 8.07. The first-order valence-corrected chi connectivity index (χ1v) is 8.53. The van der Waals surface area contributed by atoms with Gasteiger partial charge in [0.15, 0.2) is 0 Å². The normalized spacial score (nSPS) is 12.5. The van der Waals surface area contributed by atoms with Gasteiger partial charge in [-0.05, 0) is 24.3 Å². The highest BCUT2D eigenvalue weighted by atomic mass is 32.5. The second-order valence-corrected chi connectivity index (χ2v) is 7.48. The molecule has 0 aliphatic rings. The second kappa shape index (κ2) is 6.95. The Labute approximate surface area is 118 Å². The number of hydrogen-bond acceptors (Lipinski definition) is 5. The van der Waals surface area contributed by atoms with Gasteiger partial charge in [-0.2, -0.15) is 13.2 Å². The van der Waals surface area contributed by atoms with Gasteiger partial charge in [-0.3, -0.25) is 0 Å². The Bertz CT molecular complexity index is 442. The first kappa shape index (κ1) is 16.8. The van der Waals surface area contributed by atoms with Gasteiger partial charge < -0.3 is 13.6 Å². The molecule has 3 nitrogen and oxygen atoms in total. The van der Waals surface area contributed by atoms with Gasteiger partial charge >= 0.3 is 12.9 Å². The summed E-state index contributed by atoms with van der Waals surface area (Å²) in [7, 11) is 2.75. The van der Waals surface area contributed by atoms with Crippen molar-refractivity contribution in [3.8, 4) is 5.75 Å². The summed E-state index contributed by atoms with van der Waals surface area (Å²) in [4.78, 5) is 0.493. The van der Waals surface area contributed by atoms with E-state index in [1.807, 2.05) is 0 Å². The molecule has 1 aromatic rings. The molecule has 0 radical (unpaired) electrons. The van der Waals surface area contributed by atoms with E-state index in [9.17, 15) is 13.2 Å². The summed E-state index contributed by atoms with van der Waals surface area (Å²) in [5, 5.41) is 0. The molecule has 0 bridgehead atoms. The SMILES string of the molecule is COP(=S)(OC)Oc1ccc(SCC(F)(F)F)cc1. The Kier molecular flexibility index (Phi) is 6.14. The van der Waals surface area contributed by atoms with Crippen LogP contribution in [0.3, 0.4) is 0 Å². The molecule has 0 aromatic heterocycles. The lowest BCUT2D eigenvalue weighted by atomic mass is 10.3. The standard InChI is InChI=1S/C10H12F3O3PS2/c1-14-17(18,15-2)16-8-3-5-9(6-4-8)19-7-10(11,12)13/h3-6H,7H2,1-2H3. The van der Waals surface area contributed by atoms with Crippen LogP contribution in [-0.4, -0.2) is 26.1 Å². The molecule has 0 spiro atoms. The lowest BCUT2D eigenvalue weighted by Crippen LogP contribution is -2.10. The maximum atomic E-state index is 12.0. The van der Waals surface area contributed by atoms with Crippen molar-refractivity contribution in [3.63, 3.8) is 0 Å². The van der Waals surface area contributed by atoms with Crippen molar-refractivity contribution in [1.82, 2.24) is 0 Å². The fraction of sp³-hybridized carbons (Fsp3) is 0.400. The van der Waals surface area contributed by atoms with Crippen LogP contribution in [0.2, 0.25) is 0 Å². The molecule has 0 unspecified atom stereocenters. The molecule has 0 N–H and O–H groups in total. The van der Waals surface area contributed by atoms with Crippen LogP contribution in [-0.2, 0) is 20.9 Å². The minimum Gasteiger partial charge on any atom is -0.424 e. The van der Waals surface area contributed by atoms with Gasteiger partial charge in [0.2, 0.25) is 0 Å². The van der Waals surface area contributed by atoms with Gasteiger partial charge in [0.25, 0.3) is 0 Å². The Morgan fingerprint density at radius 3 is 2.11 bits per heavy atom. The van der Waals surface area contributed by atoms with Crippen LogP contribution in [0.25, 0.3) is 0 Å². The molecule has 0 fully saturated rings. The zero-order valence-corrected chi connectivity index (χ0v) is 12.7. The first-order valence-electron chi connectivity index (χ1n) is 4.99. The van der Waals surface area contributed by atoms with E-state index in [2.05, 4.69) is 0 Å². The molecule has 1 aromatic carbocycles. The van der Waals surface area contributed by atoms with E-state index in [1.165, 1.54) is 38.5 Å². The van der Waals surface area contributed by atoms with Crippen LogP contribution in [0.5, 0.6) is 5.75 Å². The minimum atomic E-state index is -4.19. The number of alkyl halides is 3. The molecule has 19 heavy (non-hydrogen) atoms. The van der Waals surface area contributed by atoms with Crippen LogP contribution in [0, 0.1) is 0 Å². The van der Waals surface area contributed by atoms with Crippen molar-refractivity contribution in [1.29, 1.82) is 0 Å². The van der Waals surface area contributed by atoms with Crippen molar-refractivity contribution in [2.24, 2.45) is 0 Å². The van der Waals surface area contributed by atoms with Crippen LogP contribution >= 0.6 is 18.5 Å². The van der Waals surface area contributed by atoms with Gasteiger partial charge in [-0.1, -0.05) is 0 Å². The summed E-state index contributed by atoms with van der Waals surface area (Å²) < 4.78 is 51.4. The summed E-state index contributed by atoms with van der Waals surface area (Å²) in [6, 6.07) is 6.10. The number of thioether (sulfide) groups is 1. The average molecular weight is 332 g/mol. The summed E-state index contributed by atoms with van der Waals surface area (Å²) in [5.41, 5.74) is 0. The molecular weight excluding hydrogens is 320 g/mol. The van der Waals surface area contributed by atoms with E-state index in [0.717, 1.165) is 0 Å². The van der Waals surface area contributed by atoms with Crippen molar-refractivity contribution in [3.05, 3.63) is 24.3 Å². The van der Waals surface area contributed by atoms with Gasteiger partial charge in [0, 0.05) is 30.9 Å². The molecule has 0 amide bonds. The van der Waals surface area contributed by atoms with E-state index < -0.39 is 18.6 Å². The molecular formula is C10H12F3O3PS2. The fourth-order valence-corrected chi connectivity index (χ4v) is 2.64. The largest absolute Gasteiger partial charge is 0.424 e. The monoisotopic (exact) mass is 332 g/mol. The lowest BCUT2D eigenvalue weighted by Gasteiger charge is -2.18.